The fourth-order valence-corrected chi connectivity index (χ4v) is 3.72. The average molecular weight is 365 g/mol. The predicted molar refractivity (Wildman–Crippen MR) is 101 cm³/mol. The summed E-state index contributed by atoms with van der Waals surface area (Å²) in [5.74, 6) is -0.0862. The zero-order chi connectivity index (χ0) is 16.9. The van der Waals surface area contributed by atoms with Gasteiger partial charge in [-0.2, -0.15) is 0 Å². The molecule has 7 heteroatoms. The molecule has 128 valence electrons. The van der Waals surface area contributed by atoms with Crippen LogP contribution in [-0.4, -0.2) is 43.6 Å². The molecule has 0 bridgehead atoms. The lowest BCUT2D eigenvalue weighted by Gasteiger charge is -2.36. The third kappa shape index (κ3) is 3.99. The van der Waals surface area contributed by atoms with Crippen molar-refractivity contribution in [3.63, 3.8) is 0 Å². The molecule has 0 saturated carbocycles. The van der Waals surface area contributed by atoms with Gasteiger partial charge in [0.1, 0.15) is 5.69 Å². The summed E-state index contributed by atoms with van der Waals surface area (Å²) in [5, 5.41) is 6.38. The Labute approximate surface area is 151 Å². The third-order valence-electron chi connectivity index (χ3n) is 3.98. The van der Waals surface area contributed by atoms with E-state index in [1.54, 1.807) is 0 Å². The summed E-state index contributed by atoms with van der Waals surface area (Å²) < 4.78 is 0. The first-order valence-electron chi connectivity index (χ1n) is 8.16. The smallest absolute Gasteiger partial charge is 0.270 e. The van der Waals surface area contributed by atoms with Crippen molar-refractivity contribution in [2.24, 2.45) is 0 Å². The summed E-state index contributed by atoms with van der Waals surface area (Å²) in [6.45, 7) is 6.32. The Balaban J connectivity index is 1.59. The van der Waals surface area contributed by atoms with Gasteiger partial charge in [-0.3, -0.25) is 4.79 Å². The second kappa shape index (κ2) is 7.85. The van der Waals surface area contributed by atoms with Gasteiger partial charge in [0, 0.05) is 48.8 Å². The molecule has 0 unspecified atom stereocenters. The van der Waals surface area contributed by atoms with E-state index in [1.807, 2.05) is 30.5 Å². The number of piperazine rings is 1. The van der Waals surface area contributed by atoms with Crippen LogP contribution in [0.25, 0.3) is 0 Å². The summed E-state index contributed by atoms with van der Waals surface area (Å²) in [7, 11) is 0. The number of benzene rings is 1. The highest BCUT2D eigenvalue weighted by Gasteiger charge is 2.21. The van der Waals surface area contributed by atoms with E-state index in [1.165, 1.54) is 11.3 Å². The minimum absolute atomic E-state index is 0.0862. The van der Waals surface area contributed by atoms with E-state index >= 15 is 0 Å². The average Bonchev–Trinajstić information content (AvgIpc) is 3.10. The maximum atomic E-state index is 12.0. The number of halogens is 1. The number of hydrogen-bond donors (Lipinski definition) is 1. The lowest BCUT2D eigenvalue weighted by Crippen LogP contribution is -2.46. The lowest BCUT2D eigenvalue weighted by atomic mass is 10.2. The number of thiazole rings is 1. The topological polar surface area (TPSA) is 48.5 Å². The number of anilines is 2. The molecule has 1 aliphatic heterocycles. The number of rotatable bonds is 5. The molecule has 1 aromatic heterocycles. The van der Waals surface area contributed by atoms with Gasteiger partial charge in [-0.15, -0.1) is 11.3 Å². The third-order valence-corrected chi connectivity index (χ3v) is 5.12. The maximum absolute atomic E-state index is 12.0. The summed E-state index contributed by atoms with van der Waals surface area (Å²) in [6.07, 6.45) is 0.925. The van der Waals surface area contributed by atoms with Crippen molar-refractivity contribution in [3.8, 4) is 0 Å². The second-order valence-electron chi connectivity index (χ2n) is 5.73. The van der Waals surface area contributed by atoms with E-state index < -0.39 is 0 Å². The van der Waals surface area contributed by atoms with Gasteiger partial charge in [-0.25, -0.2) is 4.98 Å². The minimum Gasteiger partial charge on any atom is -0.368 e. The number of carbonyl (C=O) groups is 1. The van der Waals surface area contributed by atoms with E-state index in [0.29, 0.717) is 12.2 Å². The van der Waals surface area contributed by atoms with E-state index in [2.05, 4.69) is 26.2 Å². The van der Waals surface area contributed by atoms with Crippen molar-refractivity contribution in [2.75, 3.05) is 42.5 Å². The lowest BCUT2D eigenvalue weighted by molar-refractivity contribution is 0.0949. The number of aromatic nitrogens is 1. The van der Waals surface area contributed by atoms with Crippen LogP contribution in [-0.2, 0) is 0 Å². The van der Waals surface area contributed by atoms with Crippen LogP contribution in [0.2, 0.25) is 5.02 Å². The maximum Gasteiger partial charge on any atom is 0.270 e. The molecule has 1 fully saturated rings. The largest absolute Gasteiger partial charge is 0.368 e. The van der Waals surface area contributed by atoms with Crippen LogP contribution in [0.5, 0.6) is 0 Å². The molecule has 0 atom stereocenters. The van der Waals surface area contributed by atoms with Crippen LogP contribution in [0.1, 0.15) is 23.8 Å². The Kier molecular flexibility index (Phi) is 5.58. The molecular formula is C17H21ClN4OS. The van der Waals surface area contributed by atoms with Crippen LogP contribution in [0.4, 0.5) is 10.8 Å². The minimum atomic E-state index is -0.0862. The molecule has 1 saturated heterocycles. The molecule has 2 aromatic rings. The first-order valence-corrected chi connectivity index (χ1v) is 9.42. The molecule has 2 heterocycles. The van der Waals surface area contributed by atoms with Gasteiger partial charge in [0.2, 0.25) is 0 Å². The van der Waals surface area contributed by atoms with Gasteiger partial charge < -0.3 is 15.1 Å². The Hall–Kier alpha value is -1.79. The van der Waals surface area contributed by atoms with E-state index in [9.17, 15) is 4.79 Å². The van der Waals surface area contributed by atoms with Gasteiger partial charge in [-0.1, -0.05) is 24.6 Å². The molecule has 1 aromatic carbocycles. The number of hydrogen-bond acceptors (Lipinski definition) is 5. The molecule has 0 radical (unpaired) electrons. The number of carbonyl (C=O) groups excluding carboxylic acids is 1. The molecule has 3 rings (SSSR count). The van der Waals surface area contributed by atoms with Crippen LogP contribution >= 0.6 is 22.9 Å². The van der Waals surface area contributed by atoms with Crippen molar-refractivity contribution in [1.29, 1.82) is 0 Å². The van der Waals surface area contributed by atoms with Gasteiger partial charge >= 0.3 is 0 Å². The first-order chi connectivity index (χ1) is 11.7. The van der Waals surface area contributed by atoms with E-state index in [-0.39, 0.29) is 5.91 Å². The number of nitrogens with zero attached hydrogens (tertiary/aromatic N) is 3. The summed E-state index contributed by atoms with van der Waals surface area (Å²) in [6, 6.07) is 7.95. The second-order valence-corrected chi connectivity index (χ2v) is 7.00. The molecule has 24 heavy (non-hydrogen) atoms. The number of nitrogens with one attached hydrogen (secondary N) is 1. The zero-order valence-corrected chi connectivity index (χ0v) is 15.2. The molecule has 0 spiro atoms. The Morgan fingerprint density at radius 2 is 2.04 bits per heavy atom. The fourth-order valence-electron chi connectivity index (χ4n) is 2.67. The highest BCUT2D eigenvalue weighted by Crippen LogP contribution is 2.25. The van der Waals surface area contributed by atoms with Crippen LogP contribution < -0.4 is 15.1 Å². The molecule has 1 aliphatic rings. The Morgan fingerprint density at radius 1 is 1.29 bits per heavy atom. The quantitative estimate of drug-likeness (QED) is 0.884. The van der Waals surface area contributed by atoms with Gasteiger partial charge in [0.05, 0.1) is 0 Å². The van der Waals surface area contributed by atoms with Gasteiger partial charge in [0.15, 0.2) is 5.13 Å². The summed E-state index contributed by atoms with van der Waals surface area (Å²) >= 11 is 7.61. The highest BCUT2D eigenvalue weighted by atomic mass is 35.5. The molecule has 1 amide bonds. The summed E-state index contributed by atoms with van der Waals surface area (Å²) in [4.78, 5) is 21.0. The number of amides is 1. The highest BCUT2D eigenvalue weighted by molar-refractivity contribution is 7.13. The van der Waals surface area contributed by atoms with Crippen LogP contribution in [0.3, 0.4) is 0 Å². The van der Waals surface area contributed by atoms with Gasteiger partial charge in [-0.05, 0) is 24.6 Å². The normalized spacial score (nSPS) is 14.8. The van der Waals surface area contributed by atoms with E-state index in [4.69, 9.17) is 11.6 Å². The van der Waals surface area contributed by atoms with Crippen molar-refractivity contribution >= 4 is 39.7 Å². The zero-order valence-electron chi connectivity index (χ0n) is 13.7. The fraction of sp³-hybridized carbons (Fsp3) is 0.412. The van der Waals surface area contributed by atoms with Crippen molar-refractivity contribution in [2.45, 2.75) is 13.3 Å². The van der Waals surface area contributed by atoms with Crippen molar-refractivity contribution in [1.82, 2.24) is 10.3 Å². The molecule has 5 nitrogen and oxygen atoms in total. The van der Waals surface area contributed by atoms with Crippen molar-refractivity contribution < 1.29 is 4.79 Å². The van der Waals surface area contributed by atoms with Crippen LogP contribution in [0, 0.1) is 0 Å². The van der Waals surface area contributed by atoms with Gasteiger partial charge in [0.25, 0.3) is 5.91 Å². The standard InChI is InChI=1S/C17H21ClN4OS/c1-2-6-19-16(23)15-12-24-17(20-15)22-9-7-21(8-10-22)14-5-3-4-13(18)11-14/h3-5,11-12H,2,6-10H2,1H3,(H,19,23). The summed E-state index contributed by atoms with van der Waals surface area (Å²) in [5.41, 5.74) is 1.67. The molecule has 1 N–H and O–H groups in total. The Bertz CT molecular complexity index is 697. The molecule has 0 aliphatic carbocycles. The monoisotopic (exact) mass is 364 g/mol. The van der Waals surface area contributed by atoms with E-state index in [0.717, 1.165) is 48.4 Å². The van der Waals surface area contributed by atoms with Crippen LogP contribution in [0.15, 0.2) is 29.6 Å². The van der Waals surface area contributed by atoms with Crippen molar-refractivity contribution in [3.05, 3.63) is 40.4 Å². The SMILES string of the molecule is CCCNC(=O)c1csc(N2CCN(c3cccc(Cl)c3)CC2)n1. The first kappa shape index (κ1) is 17.0. The molecular weight excluding hydrogens is 344 g/mol. The Morgan fingerprint density at radius 3 is 2.75 bits per heavy atom. The predicted octanol–water partition coefficient (Wildman–Crippen LogP) is 3.26.